The van der Waals surface area contributed by atoms with Gasteiger partial charge in [0.2, 0.25) is 0 Å². The number of hydrogen-bond donors (Lipinski definition) is 0. The van der Waals surface area contributed by atoms with Crippen molar-refractivity contribution in [3.63, 3.8) is 0 Å². The lowest BCUT2D eigenvalue weighted by atomic mass is 9.97. The summed E-state index contributed by atoms with van der Waals surface area (Å²) in [6.45, 7) is 2.25. The smallest absolute Gasteiger partial charge is 0.0956 e. The van der Waals surface area contributed by atoms with Gasteiger partial charge in [-0.3, -0.25) is 0 Å². The molecule has 1 aliphatic rings. The number of nitrogens with zero attached hydrogens (tertiary/aromatic N) is 1. The van der Waals surface area contributed by atoms with Crippen molar-refractivity contribution in [3.05, 3.63) is 40.4 Å². The second kappa shape index (κ2) is 4.56. The number of aromatic nitrogens is 1. The highest BCUT2D eigenvalue weighted by molar-refractivity contribution is 7.09. The lowest BCUT2D eigenvalue weighted by molar-refractivity contribution is 0.746. The van der Waals surface area contributed by atoms with Crippen molar-refractivity contribution in [3.8, 4) is 0 Å². The Morgan fingerprint density at radius 3 is 3.07 bits per heavy atom. The zero-order chi connectivity index (χ0) is 9.80. The second-order valence-corrected chi connectivity index (χ2v) is 4.66. The van der Waals surface area contributed by atoms with Crippen LogP contribution in [0, 0.1) is 0 Å². The highest BCUT2D eigenvalue weighted by Gasteiger charge is 2.09. The lowest BCUT2D eigenvalue weighted by Crippen LogP contribution is -1.95. The van der Waals surface area contributed by atoms with Crippen molar-refractivity contribution in [1.29, 1.82) is 0 Å². The number of allylic oxidation sites excluding steroid dienone is 4. The van der Waals surface area contributed by atoms with Crippen LogP contribution in [0.3, 0.4) is 0 Å². The van der Waals surface area contributed by atoms with Gasteiger partial charge in [-0.05, 0) is 19.3 Å². The summed E-state index contributed by atoms with van der Waals surface area (Å²) in [6.07, 6.45) is 12.3. The van der Waals surface area contributed by atoms with Crippen LogP contribution in [0.25, 0.3) is 0 Å². The van der Waals surface area contributed by atoms with E-state index >= 15 is 0 Å². The van der Waals surface area contributed by atoms with E-state index in [1.54, 1.807) is 11.3 Å². The summed E-state index contributed by atoms with van der Waals surface area (Å²) in [5.41, 5.74) is 1.47. The molecule has 2 rings (SSSR count). The quantitative estimate of drug-likeness (QED) is 0.729. The molecule has 14 heavy (non-hydrogen) atoms. The van der Waals surface area contributed by atoms with Crippen LogP contribution in [0.15, 0.2) is 35.4 Å². The highest BCUT2D eigenvalue weighted by atomic mass is 32.1. The van der Waals surface area contributed by atoms with Gasteiger partial charge in [-0.1, -0.05) is 30.7 Å². The molecule has 0 aromatic carbocycles. The van der Waals surface area contributed by atoms with Crippen LogP contribution < -0.4 is 0 Å². The van der Waals surface area contributed by atoms with E-state index in [0.29, 0.717) is 5.92 Å². The van der Waals surface area contributed by atoms with Crippen molar-refractivity contribution in [1.82, 2.24) is 4.98 Å². The molecular weight excluding hydrogens is 190 g/mol. The number of thiazole rings is 1. The molecule has 74 valence electrons. The van der Waals surface area contributed by atoms with Crippen molar-refractivity contribution >= 4 is 11.3 Å². The van der Waals surface area contributed by atoms with E-state index in [0.717, 1.165) is 6.42 Å². The molecule has 1 aliphatic carbocycles. The minimum atomic E-state index is 0.559. The molecule has 0 fully saturated rings. The molecule has 0 bridgehead atoms. The van der Waals surface area contributed by atoms with Crippen LogP contribution in [-0.2, 0) is 0 Å². The Morgan fingerprint density at radius 2 is 2.43 bits per heavy atom. The van der Waals surface area contributed by atoms with Gasteiger partial charge < -0.3 is 0 Å². The normalized spacial score (nSPS) is 17.9. The molecule has 0 N–H and O–H groups in total. The van der Waals surface area contributed by atoms with Gasteiger partial charge in [-0.2, -0.15) is 0 Å². The Hall–Kier alpha value is -0.890. The van der Waals surface area contributed by atoms with Gasteiger partial charge in [0.1, 0.15) is 0 Å². The van der Waals surface area contributed by atoms with Crippen LogP contribution >= 0.6 is 11.3 Å². The van der Waals surface area contributed by atoms with Crippen LogP contribution in [0.2, 0.25) is 0 Å². The summed E-state index contributed by atoms with van der Waals surface area (Å²) in [4.78, 5) is 4.35. The zero-order valence-corrected chi connectivity index (χ0v) is 9.26. The SMILES string of the molecule is C[C@@H](CC1=CCCC=C1)c1nccs1. The van der Waals surface area contributed by atoms with E-state index in [9.17, 15) is 0 Å². The molecule has 2 heteroatoms. The monoisotopic (exact) mass is 205 g/mol. The topological polar surface area (TPSA) is 12.9 Å². The minimum Gasteiger partial charge on any atom is -0.249 e. The second-order valence-electron chi connectivity index (χ2n) is 3.73. The predicted molar refractivity (Wildman–Crippen MR) is 61.6 cm³/mol. The van der Waals surface area contributed by atoms with E-state index in [1.165, 1.54) is 23.4 Å². The fourth-order valence-corrected chi connectivity index (χ4v) is 2.44. The average molecular weight is 205 g/mol. The van der Waals surface area contributed by atoms with E-state index in [1.807, 2.05) is 6.20 Å². The van der Waals surface area contributed by atoms with Crippen molar-refractivity contribution in [2.75, 3.05) is 0 Å². The zero-order valence-electron chi connectivity index (χ0n) is 8.44. The first kappa shape index (κ1) is 9.66. The van der Waals surface area contributed by atoms with Gasteiger partial charge >= 0.3 is 0 Å². The summed E-state index contributed by atoms with van der Waals surface area (Å²) in [7, 11) is 0. The maximum atomic E-state index is 4.35. The van der Waals surface area contributed by atoms with Crippen LogP contribution in [-0.4, -0.2) is 4.98 Å². The fourth-order valence-electron chi connectivity index (χ4n) is 1.74. The standard InChI is InChI=1S/C12H15NS/c1-10(12-13-7-8-14-12)9-11-5-3-2-4-6-11/h3,5-8,10H,2,4,9H2,1H3/t10-/m0/s1. The molecule has 1 heterocycles. The molecule has 0 amide bonds. The molecule has 0 aliphatic heterocycles. The Labute approximate surface area is 89.2 Å². The number of hydrogen-bond acceptors (Lipinski definition) is 2. The lowest BCUT2D eigenvalue weighted by Gasteiger charge is -2.11. The van der Waals surface area contributed by atoms with Crippen molar-refractivity contribution < 1.29 is 0 Å². The van der Waals surface area contributed by atoms with E-state index in [2.05, 4.69) is 35.5 Å². The first-order valence-corrected chi connectivity index (χ1v) is 5.99. The van der Waals surface area contributed by atoms with Gasteiger partial charge in [0.15, 0.2) is 0 Å². The van der Waals surface area contributed by atoms with Gasteiger partial charge in [0.05, 0.1) is 5.01 Å². The van der Waals surface area contributed by atoms with Gasteiger partial charge in [0.25, 0.3) is 0 Å². The van der Waals surface area contributed by atoms with E-state index in [-0.39, 0.29) is 0 Å². The molecule has 1 aromatic rings. The van der Waals surface area contributed by atoms with Crippen molar-refractivity contribution in [2.24, 2.45) is 0 Å². The Morgan fingerprint density at radius 1 is 1.50 bits per heavy atom. The molecule has 1 atom stereocenters. The van der Waals surface area contributed by atoms with Crippen molar-refractivity contribution in [2.45, 2.75) is 32.1 Å². The molecule has 1 aromatic heterocycles. The van der Waals surface area contributed by atoms with Crippen LogP contribution in [0.1, 0.15) is 37.1 Å². The number of rotatable bonds is 3. The largest absolute Gasteiger partial charge is 0.249 e. The first-order chi connectivity index (χ1) is 6.86. The molecular formula is C12H15NS. The maximum absolute atomic E-state index is 4.35. The fraction of sp³-hybridized carbons (Fsp3) is 0.417. The average Bonchev–Trinajstić information content (AvgIpc) is 2.72. The van der Waals surface area contributed by atoms with Crippen LogP contribution in [0.4, 0.5) is 0 Å². The third-order valence-electron chi connectivity index (χ3n) is 2.49. The molecule has 0 spiro atoms. The Balaban J connectivity index is 1.97. The minimum absolute atomic E-state index is 0.559. The highest BCUT2D eigenvalue weighted by Crippen LogP contribution is 2.26. The predicted octanol–water partition coefficient (Wildman–Crippen LogP) is 3.91. The van der Waals surface area contributed by atoms with Gasteiger partial charge in [-0.15, -0.1) is 11.3 Å². The molecule has 1 nitrogen and oxygen atoms in total. The van der Waals surface area contributed by atoms with Crippen LogP contribution in [0.5, 0.6) is 0 Å². The summed E-state index contributed by atoms with van der Waals surface area (Å²) >= 11 is 1.76. The van der Waals surface area contributed by atoms with Gasteiger partial charge in [-0.25, -0.2) is 4.98 Å². The maximum Gasteiger partial charge on any atom is 0.0956 e. The summed E-state index contributed by atoms with van der Waals surface area (Å²) < 4.78 is 0. The van der Waals surface area contributed by atoms with Gasteiger partial charge in [0, 0.05) is 17.5 Å². The third kappa shape index (κ3) is 2.32. The molecule has 0 radical (unpaired) electrons. The first-order valence-electron chi connectivity index (χ1n) is 5.11. The molecule has 0 unspecified atom stereocenters. The molecule has 0 saturated heterocycles. The summed E-state index contributed by atoms with van der Waals surface area (Å²) in [6, 6.07) is 0. The van der Waals surface area contributed by atoms with E-state index < -0.39 is 0 Å². The molecule has 0 saturated carbocycles. The summed E-state index contributed by atoms with van der Waals surface area (Å²) in [5, 5.41) is 3.31. The summed E-state index contributed by atoms with van der Waals surface area (Å²) in [5.74, 6) is 0.559. The Bertz CT molecular complexity index is 335. The van der Waals surface area contributed by atoms with E-state index in [4.69, 9.17) is 0 Å². The third-order valence-corrected chi connectivity index (χ3v) is 3.49. The Kier molecular flexibility index (Phi) is 3.14.